The molecule has 0 saturated carbocycles. The molecular weight excluding hydrogens is 646 g/mol. The molecule has 0 aliphatic heterocycles. The SMILES string of the molecule is Clc1nc2c(nc1-c1cccc(-n3c4ccccc4c4c5ccccc5c5c6ccc7ccccc7c6sc5c43)c1)sc1ccccc12. The van der Waals surface area contributed by atoms with Crippen LogP contribution in [0.1, 0.15) is 0 Å². The molecule has 0 spiro atoms. The first-order valence-electron chi connectivity index (χ1n) is 15.9. The molecule has 0 N–H and O–H groups in total. The van der Waals surface area contributed by atoms with E-state index in [0.29, 0.717) is 10.8 Å². The summed E-state index contributed by atoms with van der Waals surface area (Å²) >= 11 is 10.5. The van der Waals surface area contributed by atoms with Crippen LogP contribution in [0.5, 0.6) is 0 Å². The lowest BCUT2D eigenvalue weighted by Gasteiger charge is -2.12. The van der Waals surface area contributed by atoms with Crippen molar-refractivity contribution in [3.8, 4) is 16.9 Å². The maximum atomic E-state index is 6.92. The largest absolute Gasteiger partial charge is 0.308 e. The zero-order valence-corrected chi connectivity index (χ0v) is 27.6. The van der Waals surface area contributed by atoms with Gasteiger partial charge in [-0.25, -0.2) is 9.97 Å². The Morgan fingerprint density at radius 2 is 1.27 bits per heavy atom. The summed E-state index contributed by atoms with van der Waals surface area (Å²) in [5.74, 6) is 0. The van der Waals surface area contributed by atoms with Crippen LogP contribution >= 0.6 is 34.3 Å². The molecule has 0 fully saturated rings. The number of hydrogen-bond donors (Lipinski definition) is 0. The lowest BCUT2D eigenvalue weighted by molar-refractivity contribution is 1.19. The Balaban J connectivity index is 1.26. The number of nitrogens with zero attached hydrogens (tertiary/aromatic N) is 3. The quantitative estimate of drug-likeness (QED) is 0.184. The van der Waals surface area contributed by atoms with Crippen molar-refractivity contribution >= 4 is 118 Å². The van der Waals surface area contributed by atoms with Gasteiger partial charge in [0.15, 0.2) is 5.15 Å². The molecule has 48 heavy (non-hydrogen) atoms. The van der Waals surface area contributed by atoms with E-state index in [9.17, 15) is 0 Å². The van der Waals surface area contributed by atoms with Gasteiger partial charge in [0, 0.05) is 47.6 Å². The normalized spacial score (nSPS) is 12.3. The summed E-state index contributed by atoms with van der Waals surface area (Å²) in [6, 6.07) is 47.9. The Hall–Kier alpha value is -5.33. The number of benzene rings is 7. The van der Waals surface area contributed by atoms with Crippen LogP contribution in [-0.2, 0) is 0 Å². The number of aromatic nitrogens is 3. The fourth-order valence-electron chi connectivity index (χ4n) is 7.65. The highest BCUT2D eigenvalue weighted by atomic mass is 35.5. The second-order valence-corrected chi connectivity index (χ2v) is 14.7. The Morgan fingerprint density at radius 3 is 2.15 bits per heavy atom. The number of para-hydroxylation sites is 1. The Bertz CT molecular complexity index is 3150. The van der Waals surface area contributed by atoms with Crippen LogP contribution < -0.4 is 0 Å². The maximum absolute atomic E-state index is 6.92. The monoisotopic (exact) mass is 667 g/mol. The van der Waals surface area contributed by atoms with E-state index in [2.05, 4.69) is 132 Å². The van der Waals surface area contributed by atoms with Crippen molar-refractivity contribution < 1.29 is 0 Å². The first-order valence-corrected chi connectivity index (χ1v) is 17.9. The number of hydrogen-bond acceptors (Lipinski definition) is 4. The van der Waals surface area contributed by atoms with Crippen molar-refractivity contribution in [1.82, 2.24) is 14.5 Å². The highest BCUT2D eigenvalue weighted by molar-refractivity contribution is 7.27. The van der Waals surface area contributed by atoms with Gasteiger partial charge >= 0.3 is 0 Å². The van der Waals surface area contributed by atoms with E-state index in [1.165, 1.54) is 63.5 Å². The molecule has 0 radical (unpaired) electrons. The summed E-state index contributed by atoms with van der Waals surface area (Å²) in [4.78, 5) is 10.9. The average Bonchev–Trinajstić information content (AvgIpc) is 3.81. The van der Waals surface area contributed by atoms with Gasteiger partial charge in [0.1, 0.15) is 16.0 Å². The standard InChI is InChI=1S/C42H22ClN3S2/c43-41-36(45-42-37(44-41)30-17-6-8-19-33(30)47-42)24-11-9-12-25(22-24)46-32-18-7-5-16-29(32)34-27-14-3-4-15-28(27)35-31-21-20-23-10-1-2-13-26(23)39(31)48-40(35)38(34)46/h1-22H. The van der Waals surface area contributed by atoms with Gasteiger partial charge in [-0.1, -0.05) is 121 Å². The van der Waals surface area contributed by atoms with Crippen molar-refractivity contribution in [2.45, 2.75) is 0 Å². The van der Waals surface area contributed by atoms with E-state index in [1.54, 1.807) is 11.3 Å². The van der Waals surface area contributed by atoms with E-state index < -0.39 is 0 Å². The maximum Gasteiger partial charge on any atom is 0.156 e. The van der Waals surface area contributed by atoms with Crippen LogP contribution in [0, 0.1) is 0 Å². The van der Waals surface area contributed by atoms with E-state index in [0.717, 1.165) is 31.7 Å². The van der Waals surface area contributed by atoms with Crippen LogP contribution in [0.15, 0.2) is 133 Å². The molecule has 0 aliphatic rings. The Labute approximate surface area is 286 Å². The predicted molar refractivity (Wildman–Crippen MR) is 208 cm³/mol. The van der Waals surface area contributed by atoms with Crippen LogP contribution in [0.4, 0.5) is 0 Å². The summed E-state index contributed by atoms with van der Waals surface area (Å²) in [6.07, 6.45) is 0. The molecule has 11 rings (SSSR count). The van der Waals surface area contributed by atoms with Gasteiger partial charge in [-0.05, 0) is 45.8 Å². The van der Waals surface area contributed by atoms with E-state index >= 15 is 0 Å². The van der Waals surface area contributed by atoms with Gasteiger partial charge in [-0.3, -0.25) is 0 Å². The summed E-state index contributed by atoms with van der Waals surface area (Å²) in [5, 5.41) is 11.7. The van der Waals surface area contributed by atoms with Crippen molar-refractivity contribution in [3.05, 3.63) is 139 Å². The summed E-state index contributed by atoms with van der Waals surface area (Å²) in [5.41, 5.74) is 5.95. The molecule has 0 unspecified atom stereocenters. The zero-order valence-electron chi connectivity index (χ0n) is 25.2. The van der Waals surface area contributed by atoms with Crippen LogP contribution in [0.3, 0.4) is 0 Å². The van der Waals surface area contributed by atoms with Gasteiger partial charge in [0.2, 0.25) is 0 Å². The zero-order chi connectivity index (χ0) is 31.5. The third-order valence-electron chi connectivity index (χ3n) is 9.68. The van der Waals surface area contributed by atoms with Crippen LogP contribution in [-0.4, -0.2) is 14.5 Å². The minimum Gasteiger partial charge on any atom is -0.308 e. The molecule has 224 valence electrons. The Kier molecular flexibility index (Phi) is 5.48. The highest BCUT2D eigenvalue weighted by Gasteiger charge is 2.23. The van der Waals surface area contributed by atoms with Crippen molar-refractivity contribution in [2.24, 2.45) is 0 Å². The first kappa shape index (κ1) is 26.7. The molecule has 6 heteroatoms. The fourth-order valence-corrected chi connectivity index (χ4v) is 10.3. The lowest BCUT2D eigenvalue weighted by atomic mass is 9.98. The summed E-state index contributed by atoms with van der Waals surface area (Å²) in [7, 11) is 0. The third-order valence-corrected chi connectivity index (χ3v) is 12.2. The van der Waals surface area contributed by atoms with Gasteiger partial charge in [0.25, 0.3) is 0 Å². The van der Waals surface area contributed by atoms with Gasteiger partial charge in [-0.2, -0.15) is 0 Å². The number of thiophene rings is 2. The summed E-state index contributed by atoms with van der Waals surface area (Å²) < 4.78 is 6.22. The van der Waals surface area contributed by atoms with Crippen molar-refractivity contribution in [1.29, 1.82) is 0 Å². The second kappa shape index (κ2) is 9.85. The van der Waals surface area contributed by atoms with Gasteiger partial charge in [-0.15, -0.1) is 22.7 Å². The summed E-state index contributed by atoms with van der Waals surface area (Å²) in [6.45, 7) is 0. The lowest BCUT2D eigenvalue weighted by Crippen LogP contribution is -1.96. The van der Waals surface area contributed by atoms with E-state index in [1.807, 2.05) is 17.4 Å². The molecule has 4 aromatic heterocycles. The average molecular weight is 668 g/mol. The first-order chi connectivity index (χ1) is 23.7. The number of rotatable bonds is 2. The van der Waals surface area contributed by atoms with Gasteiger partial charge in [0.05, 0.1) is 15.7 Å². The Morgan fingerprint density at radius 1 is 0.542 bits per heavy atom. The van der Waals surface area contributed by atoms with E-state index in [-0.39, 0.29) is 0 Å². The minimum absolute atomic E-state index is 0.412. The molecule has 0 amide bonds. The predicted octanol–water partition coefficient (Wildman–Crippen LogP) is 12.9. The van der Waals surface area contributed by atoms with E-state index in [4.69, 9.17) is 21.6 Å². The van der Waals surface area contributed by atoms with Crippen LogP contribution in [0.2, 0.25) is 5.15 Å². The highest BCUT2D eigenvalue weighted by Crippen LogP contribution is 2.49. The molecule has 0 aliphatic carbocycles. The van der Waals surface area contributed by atoms with Crippen molar-refractivity contribution in [2.75, 3.05) is 0 Å². The molecule has 11 aromatic rings. The molecular formula is C42H22ClN3S2. The molecule has 0 bridgehead atoms. The van der Waals surface area contributed by atoms with Gasteiger partial charge < -0.3 is 4.57 Å². The molecule has 0 atom stereocenters. The number of fused-ring (bicyclic) bond motifs is 15. The number of halogens is 1. The minimum atomic E-state index is 0.412. The molecule has 4 heterocycles. The topological polar surface area (TPSA) is 30.7 Å². The second-order valence-electron chi connectivity index (χ2n) is 12.3. The third kappa shape index (κ3) is 3.58. The molecule has 7 aromatic carbocycles. The molecule has 0 saturated heterocycles. The smallest absolute Gasteiger partial charge is 0.156 e. The fraction of sp³-hybridized carbons (Fsp3) is 0. The van der Waals surface area contributed by atoms with Crippen molar-refractivity contribution in [3.63, 3.8) is 0 Å². The van der Waals surface area contributed by atoms with Crippen LogP contribution in [0.25, 0.3) is 101 Å². The molecule has 3 nitrogen and oxygen atoms in total.